The predicted octanol–water partition coefficient (Wildman–Crippen LogP) is 5.80. The smallest absolute Gasteiger partial charge is 0.431 e. The molecule has 0 spiro atoms. The minimum Gasteiger partial charge on any atom is -0.497 e. The van der Waals surface area contributed by atoms with E-state index in [2.05, 4.69) is 40.4 Å². The normalized spacial score (nSPS) is 16.2. The van der Waals surface area contributed by atoms with Gasteiger partial charge in [-0.25, -0.2) is 4.79 Å². The highest BCUT2D eigenvalue weighted by molar-refractivity contribution is 6.16. The summed E-state index contributed by atoms with van der Waals surface area (Å²) in [5.41, 5.74) is 7.93. The van der Waals surface area contributed by atoms with Gasteiger partial charge in [-0.1, -0.05) is 81.6 Å². The highest BCUT2D eigenvalue weighted by Gasteiger charge is 2.37. The van der Waals surface area contributed by atoms with Crippen LogP contribution in [-0.2, 0) is 30.9 Å². The molecule has 336 valence electrons. The summed E-state index contributed by atoms with van der Waals surface area (Å²) in [6, 6.07) is 20.9. The lowest BCUT2D eigenvalue weighted by Gasteiger charge is -2.39. The molecule has 1 saturated carbocycles. The van der Waals surface area contributed by atoms with Crippen LogP contribution in [0.1, 0.15) is 90.3 Å². The van der Waals surface area contributed by atoms with Crippen LogP contribution in [0.3, 0.4) is 0 Å². The quantitative estimate of drug-likeness (QED) is 0.0878. The second-order valence-corrected chi connectivity index (χ2v) is 16.6. The average molecular weight is 865 g/mol. The number of fused-ring (bicyclic) bond motifs is 4. The summed E-state index contributed by atoms with van der Waals surface area (Å²) in [6.45, 7) is 5.67. The predicted molar refractivity (Wildman–Crippen MR) is 237 cm³/mol. The van der Waals surface area contributed by atoms with Crippen molar-refractivity contribution < 1.29 is 43.0 Å². The van der Waals surface area contributed by atoms with Crippen molar-refractivity contribution in [1.29, 1.82) is 0 Å². The van der Waals surface area contributed by atoms with Crippen LogP contribution in [0, 0.1) is 11.8 Å². The maximum absolute atomic E-state index is 14.4. The molecule has 7 rings (SSSR count). The number of nitrogens with zero attached hydrogens (tertiary/aromatic N) is 3. The number of carbonyl (C=O) groups excluding carboxylic acids is 5. The Morgan fingerprint density at radius 1 is 0.825 bits per heavy atom. The lowest BCUT2D eigenvalue weighted by molar-refractivity contribution is -0.140. The van der Waals surface area contributed by atoms with Crippen molar-refractivity contribution in [2.45, 2.75) is 64.3 Å². The van der Waals surface area contributed by atoms with Gasteiger partial charge in [0.1, 0.15) is 24.1 Å². The maximum Gasteiger partial charge on any atom is 0.431 e. The Balaban J connectivity index is 0.898. The van der Waals surface area contributed by atoms with Crippen LogP contribution < -0.4 is 20.9 Å². The number of aromatic nitrogens is 1. The molecule has 15 heteroatoms. The number of methoxy groups -OCH3 is 1. The highest BCUT2D eigenvalue weighted by Crippen LogP contribution is 2.44. The van der Waals surface area contributed by atoms with Crippen LogP contribution in [0.2, 0.25) is 0 Å². The van der Waals surface area contributed by atoms with E-state index >= 15 is 0 Å². The third-order valence-electron chi connectivity index (χ3n) is 12.8. The summed E-state index contributed by atoms with van der Waals surface area (Å²) in [4.78, 5) is 76.5. The number of nitrogens with one attached hydrogen (secondary N) is 3. The van der Waals surface area contributed by atoms with Gasteiger partial charge in [0.15, 0.2) is 0 Å². The molecule has 5 amide bonds. The molecular formula is C48H60N6O9. The molecule has 2 heterocycles. The first kappa shape index (κ1) is 45.1. The number of aryl methyl sites for hydroxylation is 1. The summed E-state index contributed by atoms with van der Waals surface area (Å²) in [7, 11) is 3.31. The Kier molecular flexibility index (Phi) is 15.0. The van der Waals surface area contributed by atoms with E-state index < -0.39 is 18.0 Å². The fourth-order valence-corrected chi connectivity index (χ4v) is 9.09. The topological polar surface area (TPSA) is 170 Å². The first-order chi connectivity index (χ1) is 30.6. The Bertz CT molecular complexity index is 2230. The van der Waals surface area contributed by atoms with Gasteiger partial charge >= 0.3 is 6.09 Å². The molecule has 3 N–H and O–H groups in total. The Hall–Kier alpha value is -5.93. The lowest BCUT2D eigenvalue weighted by Crippen LogP contribution is -2.58. The number of rotatable bonds is 17. The second kappa shape index (κ2) is 21.0. The summed E-state index contributed by atoms with van der Waals surface area (Å²) in [5, 5.41) is 6.58. The standard InChI is InChI=1S/C48H60N6O9/c1-5-31(2)44(55)50-42(32-13-7-6-8-14-32)46(57)53-22-24-54(25-23-53)47(58)43-41(38-20-19-33(60-4)29-40(38)52(43)3)45(56)49-21-26-61-27-28-63-51-48(59)62-30-39-36-17-11-9-15-34(36)35-16-10-12-18-37(35)39/h9-12,15-20,29,31-32,39,42H,5-8,13-14,21-28,30H2,1-4H3,(H,49,56)(H,50,55)(H,51,59)/t31-,42+/m1/s1. The fraction of sp³-hybridized carbons (Fsp3) is 0.479. The molecule has 0 unspecified atom stereocenters. The Labute approximate surface area is 368 Å². The number of hydroxylamine groups is 1. The number of amides is 5. The SMILES string of the molecule is CC[C@@H](C)C(=O)N[C@H](C(=O)N1CCN(C(=O)c2c(C(=O)NCCOCCONC(=O)OCC3c4ccccc4-c4ccccc43)c3ccc(OC)cc3n2C)CC1)C1CCCCC1. The fourth-order valence-electron chi connectivity index (χ4n) is 9.09. The number of carbonyl (C=O) groups is 5. The first-order valence-electron chi connectivity index (χ1n) is 22.2. The number of piperazine rings is 1. The molecule has 1 saturated heterocycles. The van der Waals surface area contributed by atoms with Crippen molar-refractivity contribution in [3.63, 3.8) is 0 Å². The second-order valence-electron chi connectivity index (χ2n) is 16.6. The highest BCUT2D eigenvalue weighted by atomic mass is 16.7. The minimum atomic E-state index is -0.705. The zero-order valence-corrected chi connectivity index (χ0v) is 36.8. The number of hydrogen-bond donors (Lipinski definition) is 3. The van der Waals surface area contributed by atoms with E-state index in [0.717, 1.165) is 54.4 Å². The average Bonchev–Trinajstić information content (AvgIpc) is 3.80. The molecule has 3 aromatic carbocycles. The summed E-state index contributed by atoms with van der Waals surface area (Å²) in [5.74, 6) is -0.545. The third-order valence-corrected chi connectivity index (χ3v) is 12.8. The van der Waals surface area contributed by atoms with Crippen LogP contribution in [-0.4, -0.2) is 116 Å². The summed E-state index contributed by atoms with van der Waals surface area (Å²) >= 11 is 0. The molecule has 2 fully saturated rings. The molecule has 1 aliphatic heterocycles. The molecule has 15 nitrogen and oxygen atoms in total. The number of ether oxygens (including phenoxy) is 3. The van der Waals surface area contributed by atoms with Crippen LogP contribution in [0.5, 0.6) is 5.75 Å². The van der Waals surface area contributed by atoms with Gasteiger partial charge in [-0.05, 0) is 59.6 Å². The van der Waals surface area contributed by atoms with Crippen molar-refractivity contribution >= 4 is 40.6 Å². The van der Waals surface area contributed by atoms with Crippen LogP contribution in [0.25, 0.3) is 22.0 Å². The van der Waals surface area contributed by atoms with Crippen molar-refractivity contribution in [1.82, 2.24) is 30.5 Å². The molecule has 1 aromatic heterocycles. The summed E-state index contributed by atoms with van der Waals surface area (Å²) < 4.78 is 18.3. The molecule has 0 radical (unpaired) electrons. The van der Waals surface area contributed by atoms with Gasteiger partial charge in [0, 0.05) is 63.1 Å². The molecular weight excluding hydrogens is 805 g/mol. The largest absolute Gasteiger partial charge is 0.497 e. The maximum atomic E-state index is 14.4. The molecule has 0 bridgehead atoms. The lowest BCUT2D eigenvalue weighted by atomic mass is 9.83. The van der Waals surface area contributed by atoms with Gasteiger partial charge in [0.05, 0.1) is 38.0 Å². The molecule has 63 heavy (non-hydrogen) atoms. The van der Waals surface area contributed by atoms with Crippen molar-refractivity contribution in [2.75, 3.05) is 66.3 Å². The number of hydrogen-bond acceptors (Lipinski definition) is 9. The zero-order valence-electron chi connectivity index (χ0n) is 36.8. The molecule has 2 aliphatic carbocycles. The van der Waals surface area contributed by atoms with Gasteiger partial charge in [-0.2, -0.15) is 5.48 Å². The summed E-state index contributed by atoms with van der Waals surface area (Å²) in [6.07, 6.45) is 4.99. The Morgan fingerprint density at radius 2 is 1.49 bits per heavy atom. The van der Waals surface area contributed by atoms with Gasteiger partial charge in [0.25, 0.3) is 11.8 Å². The van der Waals surface area contributed by atoms with Gasteiger partial charge < -0.3 is 39.2 Å². The van der Waals surface area contributed by atoms with Crippen LogP contribution in [0.15, 0.2) is 66.7 Å². The Morgan fingerprint density at radius 3 is 2.16 bits per heavy atom. The van der Waals surface area contributed by atoms with Gasteiger partial charge in [0.2, 0.25) is 11.8 Å². The molecule has 3 aliphatic rings. The van der Waals surface area contributed by atoms with E-state index in [1.54, 1.807) is 46.7 Å². The molecule has 4 aromatic rings. The van der Waals surface area contributed by atoms with Crippen molar-refractivity contribution in [3.8, 4) is 16.9 Å². The minimum absolute atomic E-state index is 0.0503. The van der Waals surface area contributed by atoms with E-state index in [-0.39, 0.29) is 92.8 Å². The van der Waals surface area contributed by atoms with E-state index in [1.165, 1.54) is 0 Å². The van der Waals surface area contributed by atoms with Crippen LogP contribution >= 0.6 is 0 Å². The third kappa shape index (κ3) is 10.2. The molecule has 2 atom stereocenters. The monoisotopic (exact) mass is 864 g/mol. The van der Waals surface area contributed by atoms with Crippen LogP contribution in [0.4, 0.5) is 4.79 Å². The zero-order chi connectivity index (χ0) is 44.5. The van der Waals surface area contributed by atoms with E-state index in [9.17, 15) is 24.0 Å². The number of benzene rings is 3. The van der Waals surface area contributed by atoms with E-state index in [1.807, 2.05) is 38.1 Å². The van der Waals surface area contributed by atoms with Gasteiger partial charge in [-0.3, -0.25) is 24.0 Å². The van der Waals surface area contributed by atoms with Crippen molar-refractivity contribution in [2.24, 2.45) is 18.9 Å². The van der Waals surface area contributed by atoms with E-state index in [4.69, 9.17) is 19.0 Å². The van der Waals surface area contributed by atoms with E-state index in [0.29, 0.717) is 36.2 Å². The first-order valence-corrected chi connectivity index (χ1v) is 22.2. The van der Waals surface area contributed by atoms with Crippen molar-refractivity contribution in [3.05, 3.63) is 89.1 Å². The van der Waals surface area contributed by atoms with Gasteiger partial charge in [-0.15, -0.1) is 0 Å².